The number of nitrogens with zero attached hydrogens (tertiary/aromatic N) is 3. The van der Waals surface area contributed by atoms with Gasteiger partial charge in [-0.25, -0.2) is 0 Å². The van der Waals surface area contributed by atoms with Crippen molar-refractivity contribution in [2.45, 2.75) is 39.8 Å². The van der Waals surface area contributed by atoms with Crippen molar-refractivity contribution < 1.29 is 0 Å². The van der Waals surface area contributed by atoms with E-state index < -0.39 is 0 Å². The maximum atomic E-state index is 6.26. The number of aromatic nitrogens is 2. The molecule has 1 N–H and O–H groups in total. The maximum absolute atomic E-state index is 6.26. The average Bonchev–Trinajstić information content (AvgIpc) is 2.49. The second-order valence-corrected chi connectivity index (χ2v) is 6.31. The highest BCUT2D eigenvalue weighted by Crippen LogP contribution is 2.18. The van der Waals surface area contributed by atoms with Crippen molar-refractivity contribution in [2.75, 3.05) is 20.6 Å². The molecule has 0 saturated heterocycles. The van der Waals surface area contributed by atoms with Gasteiger partial charge in [-0.3, -0.25) is 4.68 Å². The Morgan fingerprint density at radius 3 is 2.42 bits per heavy atom. The van der Waals surface area contributed by atoms with E-state index in [9.17, 15) is 0 Å². The summed E-state index contributed by atoms with van der Waals surface area (Å²) in [5, 5.41) is 8.69. The Morgan fingerprint density at radius 2 is 2.00 bits per heavy atom. The fraction of sp³-hybridized carbons (Fsp3) is 0.786. The number of halogens is 1. The van der Waals surface area contributed by atoms with Gasteiger partial charge in [-0.05, 0) is 33.4 Å². The van der Waals surface area contributed by atoms with E-state index in [4.69, 9.17) is 11.6 Å². The number of hydrogen-bond donors (Lipinski definition) is 1. The molecule has 0 radical (unpaired) electrons. The van der Waals surface area contributed by atoms with Crippen LogP contribution >= 0.6 is 11.6 Å². The molecule has 0 saturated carbocycles. The van der Waals surface area contributed by atoms with Gasteiger partial charge in [-0.2, -0.15) is 5.10 Å². The first-order valence-electron chi connectivity index (χ1n) is 6.87. The molecule has 0 amide bonds. The summed E-state index contributed by atoms with van der Waals surface area (Å²) < 4.78 is 1.73. The lowest BCUT2D eigenvalue weighted by Gasteiger charge is -2.24. The van der Waals surface area contributed by atoms with Gasteiger partial charge >= 0.3 is 0 Å². The van der Waals surface area contributed by atoms with Crippen molar-refractivity contribution in [1.82, 2.24) is 20.0 Å². The van der Waals surface area contributed by atoms with Crippen molar-refractivity contribution in [3.05, 3.63) is 16.4 Å². The van der Waals surface area contributed by atoms with Crippen molar-refractivity contribution in [3.63, 3.8) is 0 Å². The topological polar surface area (TPSA) is 33.1 Å². The van der Waals surface area contributed by atoms with E-state index in [1.165, 1.54) is 0 Å². The second kappa shape index (κ2) is 7.27. The van der Waals surface area contributed by atoms with Gasteiger partial charge in [0, 0.05) is 31.7 Å². The molecule has 1 aromatic heterocycles. The van der Waals surface area contributed by atoms with E-state index in [1.807, 2.05) is 14.0 Å². The number of rotatable bonds is 7. The summed E-state index contributed by atoms with van der Waals surface area (Å²) >= 11 is 6.26. The zero-order valence-electron chi connectivity index (χ0n) is 13.0. The van der Waals surface area contributed by atoms with E-state index in [0.717, 1.165) is 35.9 Å². The fourth-order valence-electron chi connectivity index (χ4n) is 2.35. The first kappa shape index (κ1) is 16.5. The first-order chi connectivity index (χ1) is 8.81. The molecular weight excluding hydrogens is 260 g/mol. The Morgan fingerprint density at radius 1 is 1.37 bits per heavy atom. The molecule has 0 aliphatic rings. The minimum atomic E-state index is 0.477. The minimum Gasteiger partial charge on any atom is -0.308 e. The molecule has 0 aliphatic carbocycles. The predicted octanol–water partition coefficient (Wildman–Crippen LogP) is 2.45. The predicted molar refractivity (Wildman–Crippen MR) is 81.6 cm³/mol. The summed E-state index contributed by atoms with van der Waals surface area (Å²) in [6.45, 7) is 8.34. The first-order valence-corrected chi connectivity index (χ1v) is 7.25. The fourth-order valence-corrected chi connectivity index (χ4v) is 2.59. The van der Waals surface area contributed by atoms with Gasteiger partial charge < -0.3 is 10.2 Å². The lowest BCUT2D eigenvalue weighted by atomic mass is 10.0. The van der Waals surface area contributed by atoms with E-state index >= 15 is 0 Å². The van der Waals surface area contributed by atoms with Crippen LogP contribution in [0.3, 0.4) is 0 Å². The van der Waals surface area contributed by atoms with Crippen LogP contribution < -0.4 is 5.32 Å². The molecule has 1 heterocycles. The highest BCUT2D eigenvalue weighted by molar-refractivity contribution is 6.30. The molecule has 19 heavy (non-hydrogen) atoms. The molecule has 5 heteroatoms. The molecular formula is C14H27ClN4. The number of nitrogens with one attached hydrogen (secondary N) is 1. The standard InChI is InChI=1S/C14H27ClN4/c1-10(2)7-12(9-18(4)5)16-8-13-11(3)17-19(6)14(13)15/h10,12,16H,7-9H2,1-6H3. The van der Waals surface area contributed by atoms with Crippen LogP contribution in [0.15, 0.2) is 0 Å². The third-order valence-electron chi connectivity index (χ3n) is 3.18. The molecule has 1 atom stereocenters. The van der Waals surface area contributed by atoms with Crippen LogP contribution in [-0.2, 0) is 13.6 Å². The largest absolute Gasteiger partial charge is 0.308 e. The Hall–Kier alpha value is -0.580. The molecule has 1 rings (SSSR count). The van der Waals surface area contributed by atoms with Crippen LogP contribution in [0.25, 0.3) is 0 Å². The van der Waals surface area contributed by atoms with Gasteiger partial charge in [0.05, 0.1) is 5.69 Å². The van der Waals surface area contributed by atoms with Crippen LogP contribution in [0.2, 0.25) is 5.15 Å². The molecule has 0 fully saturated rings. The number of hydrogen-bond acceptors (Lipinski definition) is 3. The third kappa shape index (κ3) is 5.13. The van der Waals surface area contributed by atoms with Crippen LogP contribution in [0.1, 0.15) is 31.5 Å². The van der Waals surface area contributed by atoms with E-state index in [-0.39, 0.29) is 0 Å². The quantitative estimate of drug-likeness (QED) is 0.836. The molecule has 0 spiro atoms. The zero-order valence-corrected chi connectivity index (χ0v) is 13.8. The smallest absolute Gasteiger partial charge is 0.131 e. The Kier molecular flexibility index (Phi) is 6.30. The molecule has 0 bridgehead atoms. The lowest BCUT2D eigenvalue weighted by molar-refractivity contribution is 0.305. The van der Waals surface area contributed by atoms with E-state index in [0.29, 0.717) is 12.0 Å². The second-order valence-electron chi connectivity index (χ2n) is 5.95. The van der Waals surface area contributed by atoms with Gasteiger partial charge in [0.2, 0.25) is 0 Å². The highest BCUT2D eigenvalue weighted by Gasteiger charge is 2.15. The summed E-state index contributed by atoms with van der Waals surface area (Å²) in [6, 6.07) is 0.477. The van der Waals surface area contributed by atoms with Gasteiger partial charge in [-0.15, -0.1) is 0 Å². The van der Waals surface area contributed by atoms with Crippen LogP contribution in [0.5, 0.6) is 0 Å². The summed E-state index contributed by atoms with van der Waals surface area (Å²) in [7, 11) is 6.10. The summed E-state index contributed by atoms with van der Waals surface area (Å²) in [5.74, 6) is 0.683. The molecule has 110 valence electrons. The molecule has 1 aromatic rings. The van der Waals surface area contributed by atoms with Crippen molar-refractivity contribution >= 4 is 11.6 Å². The third-order valence-corrected chi connectivity index (χ3v) is 3.65. The summed E-state index contributed by atoms with van der Waals surface area (Å²) in [6.07, 6.45) is 1.16. The molecule has 0 aromatic carbocycles. The van der Waals surface area contributed by atoms with E-state index in [2.05, 4.69) is 43.3 Å². The minimum absolute atomic E-state index is 0.477. The van der Waals surface area contributed by atoms with Crippen molar-refractivity contribution in [1.29, 1.82) is 0 Å². The summed E-state index contributed by atoms with van der Waals surface area (Å²) in [4.78, 5) is 2.22. The number of aryl methyl sites for hydroxylation is 2. The van der Waals surface area contributed by atoms with Gasteiger partial charge in [-0.1, -0.05) is 25.4 Å². The maximum Gasteiger partial charge on any atom is 0.131 e. The molecule has 0 aliphatic heterocycles. The Balaban J connectivity index is 2.64. The normalized spacial score (nSPS) is 13.5. The van der Waals surface area contributed by atoms with E-state index in [1.54, 1.807) is 4.68 Å². The van der Waals surface area contributed by atoms with Crippen LogP contribution in [0.4, 0.5) is 0 Å². The number of likely N-dealkylation sites (N-methyl/N-ethyl adjacent to an activating group) is 1. The van der Waals surface area contributed by atoms with Gasteiger partial charge in [0.25, 0.3) is 0 Å². The van der Waals surface area contributed by atoms with Crippen LogP contribution in [0, 0.1) is 12.8 Å². The monoisotopic (exact) mass is 286 g/mol. The van der Waals surface area contributed by atoms with Gasteiger partial charge in [0.1, 0.15) is 5.15 Å². The highest BCUT2D eigenvalue weighted by atomic mass is 35.5. The van der Waals surface area contributed by atoms with Crippen LogP contribution in [-0.4, -0.2) is 41.4 Å². The van der Waals surface area contributed by atoms with Crippen molar-refractivity contribution in [2.24, 2.45) is 13.0 Å². The Labute approximate surface area is 122 Å². The van der Waals surface area contributed by atoms with Gasteiger partial charge in [0.15, 0.2) is 0 Å². The summed E-state index contributed by atoms with van der Waals surface area (Å²) in [5.41, 5.74) is 2.12. The average molecular weight is 287 g/mol. The molecule has 1 unspecified atom stereocenters. The lowest BCUT2D eigenvalue weighted by Crippen LogP contribution is -2.38. The van der Waals surface area contributed by atoms with Crippen molar-refractivity contribution in [3.8, 4) is 0 Å². The SMILES string of the molecule is Cc1nn(C)c(Cl)c1CNC(CC(C)C)CN(C)C. The zero-order chi connectivity index (χ0) is 14.6. The molecule has 4 nitrogen and oxygen atoms in total. The Bertz CT molecular complexity index is 388.